The van der Waals surface area contributed by atoms with Crippen LogP contribution in [0.1, 0.15) is 32.3 Å². The van der Waals surface area contributed by atoms with Crippen LogP contribution >= 0.6 is 0 Å². The predicted molar refractivity (Wildman–Crippen MR) is 79.6 cm³/mol. The van der Waals surface area contributed by atoms with Crippen LogP contribution in [0.2, 0.25) is 0 Å². The van der Waals surface area contributed by atoms with Gasteiger partial charge in [-0.3, -0.25) is 4.79 Å². The van der Waals surface area contributed by atoms with E-state index in [-0.39, 0.29) is 18.0 Å². The molecule has 1 saturated heterocycles. The average Bonchev–Trinajstić information content (AvgIpc) is 2.85. The Kier molecular flexibility index (Phi) is 4.39. The number of sulfonamides is 1. The van der Waals surface area contributed by atoms with Crippen LogP contribution < -0.4 is 0 Å². The molecule has 2 rings (SSSR count). The number of benzene rings is 1. The molecule has 1 aliphatic rings. The summed E-state index contributed by atoms with van der Waals surface area (Å²) in [5.41, 5.74) is 0.114. The van der Waals surface area contributed by atoms with E-state index in [0.717, 1.165) is 18.4 Å². The van der Waals surface area contributed by atoms with Gasteiger partial charge in [-0.2, -0.15) is 4.31 Å². The second-order valence-electron chi connectivity index (χ2n) is 5.85. The molecule has 1 fully saturated rings. The highest BCUT2D eigenvalue weighted by molar-refractivity contribution is 7.89. The molecule has 1 atom stereocenters. The lowest BCUT2D eigenvalue weighted by molar-refractivity contribution is -0.146. The molecule has 1 aromatic carbocycles. The minimum atomic E-state index is -3.60. The number of carbonyl (C=O) groups is 1. The fraction of sp³-hybridized carbons (Fsp3) is 0.533. The zero-order valence-corrected chi connectivity index (χ0v) is 13.2. The number of aliphatic carboxylic acids is 1. The second-order valence-corrected chi connectivity index (χ2v) is 7.79. The van der Waals surface area contributed by atoms with Crippen molar-refractivity contribution in [3.05, 3.63) is 29.8 Å². The van der Waals surface area contributed by atoms with Crippen LogP contribution in [0.4, 0.5) is 0 Å². The van der Waals surface area contributed by atoms with E-state index in [9.17, 15) is 18.3 Å². The van der Waals surface area contributed by atoms with Gasteiger partial charge in [0.05, 0.1) is 10.3 Å². The smallest absolute Gasteiger partial charge is 0.310 e. The normalized spacial score (nSPS) is 23.3. The number of hydrogen-bond acceptors (Lipinski definition) is 3. The molecule has 6 heteroatoms. The number of carboxylic acids is 1. The molecule has 0 radical (unpaired) electrons. The quantitative estimate of drug-likeness (QED) is 0.904. The lowest BCUT2D eigenvalue weighted by Crippen LogP contribution is -2.34. The molecule has 116 valence electrons. The Hall–Kier alpha value is -1.40. The lowest BCUT2D eigenvalue weighted by atomic mass is 9.90. The molecule has 1 N–H and O–H groups in total. The van der Waals surface area contributed by atoms with Crippen molar-refractivity contribution >= 4 is 16.0 Å². The van der Waals surface area contributed by atoms with E-state index in [1.54, 1.807) is 19.1 Å². The molecular weight excluding hydrogens is 290 g/mol. The molecule has 0 spiro atoms. The van der Waals surface area contributed by atoms with Gasteiger partial charge in [-0.15, -0.1) is 0 Å². The van der Waals surface area contributed by atoms with Crippen molar-refractivity contribution in [1.82, 2.24) is 4.31 Å². The number of aryl methyl sites for hydroxylation is 1. The van der Waals surface area contributed by atoms with Crippen LogP contribution in [0.5, 0.6) is 0 Å². The van der Waals surface area contributed by atoms with E-state index >= 15 is 0 Å². The number of rotatable bonds is 5. The molecule has 0 saturated carbocycles. The van der Waals surface area contributed by atoms with Gasteiger partial charge in [-0.1, -0.05) is 25.5 Å². The Balaban J connectivity index is 2.21. The van der Waals surface area contributed by atoms with Gasteiger partial charge in [0.2, 0.25) is 10.0 Å². The third-order valence-corrected chi connectivity index (χ3v) is 5.91. The summed E-state index contributed by atoms with van der Waals surface area (Å²) in [6, 6.07) is 6.86. The maximum atomic E-state index is 12.5. The van der Waals surface area contributed by atoms with E-state index in [0.29, 0.717) is 6.42 Å². The molecule has 0 amide bonds. The van der Waals surface area contributed by atoms with Crippen molar-refractivity contribution in [1.29, 1.82) is 0 Å². The summed E-state index contributed by atoms with van der Waals surface area (Å²) in [5.74, 6) is -0.946. The summed E-state index contributed by atoms with van der Waals surface area (Å²) < 4.78 is 26.4. The number of nitrogens with zero attached hydrogens (tertiary/aromatic N) is 1. The molecule has 1 aliphatic heterocycles. The molecule has 0 bridgehead atoms. The SMILES string of the molecule is CCCc1ccc(S(=O)(=O)N2CCC(C)(C(=O)O)C2)cc1. The summed E-state index contributed by atoms with van der Waals surface area (Å²) in [6.45, 7) is 3.94. The van der Waals surface area contributed by atoms with E-state index in [1.807, 2.05) is 12.1 Å². The molecule has 1 aromatic rings. The highest BCUT2D eigenvalue weighted by Gasteiger charge is 2.44. The van der Waals surface area contributed by atoms with E-state index in [1.165, 1.54) is 4.31 Å². The molecule has 0 aromatic heterocycles. The van der Waals surface area contributed by atoms with Crippen LogP contribution in [0.15, 0.2) is 29.2 Å². The Morgan fingerprint density at radius 2 is 1.95 bits per heavy atom. The van der Waals surface area contributed by atoms with Crippen LogP contribution in [-0.2, 0) is 21.2 Å². The van der Waals surface area contributed by atoms with Crippen molar-refractivity contribution in [2.45, 2.75) is 38.0 Å². The van der Waals surface area contributed by atoms with E-state index < -0.39 is 21.4 Å². The van der Waals surface area contributed by atoms with Gasteiger partial charge in [-0.25, -0.2) is 8.42 Å². The molecule has 21 heavy (non-hydrogen) atoms. The first-order valence-electron chi connectivity index (χ1n) is 7.12. The largest absolute Gasteiger partial charge is 0.481 e. The van der Waals surface area contributed by atoms with Crippen molar-refractivity contribution < 1.29 is 18.3 Å². The summed E-state index contributed by atoms with van der Waals surface area (Å²) in [7, 11) is -3.60. The van der Waals surface area contributed by atoms with E-state index in [4.69, 9.17) is 0 Å². The Bertz CT molecular complexity index is 624. The van der Waals surface area contributed by atoms with Gasteiger partial charge in [0.25, 0.3) is 0 Å². The summed E-state index contributed by atoms with van der Waals surface area (Å²) in [6.07, 6.45) is 2.27. The van der Waals surface area contributed by atoms with Crippen LogP contribution in [0.25, 0.3) is 0 Å². The van der Waals surface area contributed by atoms with Crippen LogP contribution in [0.3, 0.4) is 0 Å². The molecule has 0 aliphatic carbocycles. The fourth-order valence-electron chi connectivity index (χ4n) is 2.56. The fourth-order valence-corrected chi connectivity index (χ4v) is 4.13. The Morgan fingerprint density at radius 3 is 2.43 bits per heavy atom. The zero-order chi connectivity index (χ0) is 15.7. The highest BCUT2D eigenvalue weighted by Crippen LogP contribution is 2.33. The first kappa shape index (κ1) is 16.0. The van der Waals surface area contributed by atoms with Gasteiger partial charge in [0.15, 0.2) is 0 Å². The van der Waals surface area contributed by atoms with Gasteiger partial charge < -0.3 is 5.11 Å². The first-order chi connectivity index (χ1) is 9.79. The lowest BCUT2D eigenvalue weighted by Gasteiger charge is -2.20. The molecule has 1 unspecified atom stereocenters. The second kappa shape index (κ2) is 5.77. The molecule has 5 nitrogen and oxygen atoms in total. The number of hydrogen-bond donors (Lipinski definition) is 1. The third-order valence-electron chi connectivity index (χ3n) is 4.05. The minimum Gasteiger partial charge on any atom is -0.481 e. The Labute approximate surface area is 125 Å². The standard InChI is InChI=1S/C15H21NO4S/c1-3-4-12-5-7-13(8-6-12)21(19,20)16-10-9-15(2,11-16)14(17)18/h5-8H,3-4,9-11H2,1-2H3,(H,17,18). The third kappa shape index (κ3) is 3.11. The summed E-state index contributed by atoms with van der Waals surface area (Å²) >= 11 is 0. The van der Waals surface area contributed by atoms with Gasteiger partial charge in [0.1, 0.15) is 0 Å². The monoisotopic (exact) mass is 311 g/mol. The zero-order valence-electron chi connectivity index (χ0n) is 12.4. The van der Waals surface area contributed by atoms with Crippen molar-refractivity contribution in [2.24, 2.45) is 5.41 Å². The van der Waals surface area contributed by atoms with Gasteiger partial charge in [0, 0.05) is 13.1 Å². The average molecular weight is 311 g/mol. The van der Waals surface area contributed by atoms with Crippen LogP contribution in [-0.4, -0.2) is 36.9 Å². The van der Waals surface area contributed by atoms with Crippen molar-refractivity contribution in [3.8, 4) is 0 Å². The highest BCUT2D eigenvalue weighted by atomic mass is 32.2. The van der Waals surface area contributed by atoms with Gasteiger partial charge in [-0.05, 0) is 37.5 Å². The topological polar surface area (TPSA) is 74.7 Å². The van der Waals surface area contributed by atoms with Crippen molar-refractivity contribution in [3.63, 3.8) is 0 Å². The van der Waals surface area contributed by atoms with Crippen molar-refractivity contribution in [2.75, 3.05) is 13.1 Å². The van der Waals surface area contributed by atoms with Crippen LogP contribution in [0, 0.1) is 5.41 Å². The Morgan fingerprint density at radius 1 is 1.33 bits per heavy atom. The summed E-state index contributed by atoms with van der Waals surface area (Å²) in [4.78, 5) is 11.5. The van der Waals surface area contributed by atoms with Gasteiger partial charge >= 0.3 is 5.97 Å². The maximum absolute atomic E-state index is 12.5. The molecule has 1 heterocycles. The van der Waals surface area contributed by atoms with E-state index in [2.05, 4.69) is 6.92 Å². The summed E-state index contributed by atoms with van der Waals surface area (Å²) in [5, 5.41) is 9.20. The first-order valence-corrected chi connectivity index (χ1v) is 8.56. The number of carboxylic acid groups (broad SMARTS) is 1. The predicted octanol–water partition coefficient (Wildman–Crippen LogP) is 2.12. The molecular formula is C15H21NO4S. The maximum Gasteiger partial charge on any atom is 0.310 e. The minimum absolute atomic E-state index is 0.0291.